The van der Waals surface area contributed by atoms with Gasteiger partial charge in [-0.1, -0.05) is 43.2 Å². The lowest BCUT2D eigenvalue weighted by Crippen LogP contribution is -2.30. The second-order valence-electron chi connectivity index (χ2n) is 9.13. The Morgan fingerprint density at radius 3 is 2.62 bits per heavy atom. The van der Waals surface area contributed by atoms with Crippen LogP contribution < -0.4 is 4.57 Å². The molecule has 0 unspecified atom stereocenters. The van der Waals surface area contributed by atoms with Gasteiger partial charge in [0.1, 0.15) is 12.6 Å². The van der Waals surface area contributed by atoms with Crippen LogP contribution in [-0.4, -0.2) is 0 Å². The predicted molar refractivity (Wildman–Crippen MR) is 128 cm³/mol. The van der Waals surface area contributed by atoms with Gasteiger partial charge in [-0.3, -0.25) is 0 Å². The van der Waals surface area contributed by atoms with Crippen LogP contribution in [0.15, 0.2) is 65.2 Å². The summed E-state index contributed by atoms with van der Waals surface area (Å²) >= 11 is 0. The van der Waals surface area contributed by atoms with Crippen molar-refractivity contribution in [1.29, 1.82) is 5.26 Å². The maximum Gasteiger partial charge on any atom is 0.224 e. The molecule has 2 aromatic heterocycles. The molecule has 1 saturated carbocycles. The molecule has 2 heterocycles. The molecule has 0 atom stereocenters. The molecule has 1 aliphatic carbocycles. The lowest BCUT2D eigenvalue weighted by atomic mass is 9.91. The van der Waals surface area contributed by atoms with Crippen molar-refractivity contribution in [2.75, 3.05) is 0 Å². The zero-order valence-corrected chi connectivity index (χ0v) is 18.5. The van der Waals surface area contributed by atoms with Crippen LogP contribution >= 0.6 is 0 Å². The van der Waals surface area contributed by atoms with E-state index in [1.54, 1.807) is 0 Å². The molecule has 3 heteroatoms. The molecule has 0 aliphatic heterocycles. The Morgan fingerprint density at radius 2 is 1.81 bits per heavy atom. The van der Waals surface area contributed by atoms with E-state index in [0.29, 0.717) is 11.5 Å². The van der Waals surface area contributed by atoms with Gasteiger partial charge in [0.2, 0.25) is 5.69 Å². The topological polar surface area (TPSA) is 40.8 Å². The zero-order chi connectivity index (χ0) is 21.8. The Labute approximate surface area is 187 Å². The van der Waals surface area contributed by atoms with E-state index in [2.05, 4.69) is 55.1 Å². The minimum absolute atomic E-state index is 0.664. The molecule has 0 amide bonds. The zero-order valence-electron chi connectivity index (χ0n) is 18.5. The molecule has 3 aromatic carbocycles. The van der Waals surface area contributed by atoms with Gasteiger partial charge in [-0.2, -0.15) is 5.26 Å². The first-order chi connectivity index (χ1) is 15.7. The number of nitrogens with zero attached hydrogens (tertiary/aromatic N) is 2. The number of pyridine rings is 1. The molecule has 0 radical (unpaired) electrons. The molecule has 6 rings (SSSR count). The van der Waals surface area contributed by atoms with Gasteiger partial charge < -0.3 is 4.42 Å². The van der Waals surface area contributed by atoms with Gasteiger partial charge in [0.25, 0.3) is 0 Å². The summed E-state index contributed by atoms with van der Waals surface area (Å²) in [6.07, 6.45) is 7.42. The number of aryl methyl sites for hydroxylation is 2. The number of hydrogen-bond donors (Lipinski definition) is 0. The summed E-state index contributed by atoms with van der Waals surface area (Å²) in [6, 6.07) is 21.6. The van der Waals surface area contributed by atoms with Crippen molar-refractivity contribution < 1.29 is 8.98 Å². The smallest absolute Gasteiger partial charge is 0.224 e. The number of hydrogen-bond acceptors (Lipinski definition) is 2. The van der Waals surface area contributed by atoms with Gasteiger partial charge in [0, 0.05) is 16.8 Å². The third kappa shape index (κ3) is 2.76. The molecule has 1 fully saturated rings. The summed E-state index contributed by atoms with van der Waals surface area (Å²) < 4.78 is 8.58. The summed E-state index contributed by atoms with van der Waals surface area (Å²) in [7, 11) is 2.09. The summed E-state index contributed by atoms with van der Waals surface area (Å²) in [5, 5.41) is 14.2. The van der Waals surface area contributed by atoms with Crippen molar-refractivity contribution in [1.82, 2.24) is 0 Å². The number of rotatable bonds is 2. The first-order valence-corrected chi connectivity index (χ1v) is 11.4. The van der Waals surface area contributed by atoms with Crippen LogP contribution in [0.3, 0.4) is 0 Å². The Kier molecular flexibility index (Phi) is 4.30. The highest BCUT2D eigenvalue weighted by Gasteiger charge is 2.26. The van der Waals surface area contributed by atoms with Crippen molar-refractivity contribution in [2.45, 2.75) is 38.5 Å². The molecule has 3 nitrogen and oxygen atoms in total. The van der Waals surface area contributed by atoms with Crippen LogP contribution in [0.5, 0.6) is 0 Å². The van der Waals surface area contributed by atoms with Crippen LogP contribution in [0, 0.1) is 18.3 Å². The number of benzene rings is 3. The monoisotopic (exact) mass is 417 g/mol. The fraction of sp³-hybridized carbons (Fsp3) is 0.241. The molecular formula is C29H25N2O+. The highest BCUT2D eigenvalue weighted by atomic mass is 16.3. The summed E-state index contributed by atoms with van der Waals surface area (Å²) in [4.78, 5) is 0. The van der Waals surface area contributed by atoms with E-state index < -0.39 is 0 Å². The van der Waals surface area contributed by atoms with Gasteiger partial charge in [0.15, 0.2) is 11.8 Å². The van der Waals surface area contributed by atoms with E-state index in [0.717, 1.165) is 38.8 Å². The molecule has 0 spiro atoms. The molecule has 32 heavy (non-hydrogen) atoms. The van der Waals surface area contributed by atoms with Gasteiger partial charge in [0.05, 0.1) is 22.6 Å². The Morgan fingerprint density at radius 1 is 1.00 bits per heavy atom. The minimum Gasteiger partial charge on any atom is -0.455 e. The highest BCUT2D eigenvalue weighted by Crippen LogP contribution is 2.41. The molecule has 0 saturated heterocycles. The quantitative estimate of drug-likeness (QED) is 0.288. The van der Waals surface area contributed by atoms with E-state index in [1.165, 1.54) is 42.0 Å². The van der Waals surface area contributed by atoms with Crippen LogP contribution in [-0.2, 0) is 7.05 Å². The van der Waals surface area contributed by atoms with Crippen LogP contribution in [0.25, 0.3) is 44.0 Å². The number of furan rings is 1. The largest absolute Gasteiger partial charge is 0.455 e. The van der Waals surface area contributed by atoms with Gasteiger partial charge >= 0.3 is 0 Å². The number of fused-ring (bicyclic) bond motifs is 4. The van der Waals surface area contributed by atoms with Crippen molar-refractivity contribution in [3.8, 4) is 17.3 Å². The van der Waals surface area contributed by atoms with Gasteiger partial charge in [-0.05, 0) is 60.4 Å². The molecule has 5 aromatic rings. The minimum atomic E-state index is 0.664. The normalized spacial score (nSPS) is 14.5. The van der Waals surface area contributed by atoms with Gasteiger partial charge in [-0.25, -0.2) is 4.57 Å². The summed E-state index contributed by atoms with van der Waals surface area (Å²) in [5.74, 6) is 0.690. The van der Waals surface area contributed by atoms with Crippen LogP contribution in [0.1, 0.15) is 48.3 Å². The summed E-state index contributed by atoms with van der Waals surface area (Å²) in [5.41, 5.74) is 6.99. The Bertz CT molecular complexity index is 1560. The van der Waals surface area contributed by atoms with Crippen molar-refractivity contribution >= 4 is 32.7 Å². The molecule has 0 bridgehead atoms. The van der Waals surface area contributed by atoms with Crippen molar-refractivity contribution in [2.24, 2.45) is 7.05 Å². The van der Waals surface area contributed by atoms with E-state index in [9.17, 15) is 5.26 Å². The predicted octanol–water partition coefficient (Wildman–Crippen LogP) is 7.07. The van der Waals surface area contributed by atoms with Crippen molar-refractivity contribution in [3.05, 3.63) is 77.5 Å². The van der Waals surface area contributed by atoms with E-state index in [4.69, 9.17) is 4.42 Å². The maximum absolute atomic E-state index is 9.86. The maximum atomic E-state index is 9.86. The third-order valence-corrected chi connectivity index (χ3v) is 7.19. The number of para-hydroxylation sites is 1. The average Bonchev–Trinajstić information content (AvgIpc) is 3.47. The van der Waals surface area contributed by atoms with Crippen LogP contribution in [0.2, 0.25) is 0 Å². The lowest BCUT2D eigenvalue weighted by molar-refractivity contribution is -0.659. The fourth-order valence-corrected chi connectivity index (χ4v) is 5.63. The first-order valence-electron chi connectivity index (χ1n) is 11.4. The molecule has 156 valence electrons. The molecular weight excluding hydrogens is 392 g/mol. The van der Waals surface area contributed by atoms with Crippen molar-refractivity contribution in [3.63, 3.8) is 0 Å². The van der Waals surface area contributed by atoms with E-state index >= 15 is 0 Å². The SMILES string of the molecule is Cc1cc(C#N)c2c(oc3ccccc32)c1-c1c2ccc(C3CCCC3)cc2cc[n+]1C. The van der Waals surface area contributed by atoms with E-state index in [1.807, 2.05) is 30.3 Å². The van der Waals surface area contributed by atoms with Gasteiger partial charge in [-0.15, -0.1) is 0 Å². The standard InChI is InChI=1S/C29H25N2O/c1-18-15-22(17-30)27-24-9-5-6-10-25(24)32-29(27)26(18)28-23-12-11-20(19-7-3-4-8-19)16-21(23)13-14-31(28)2/h5-6,9-16,19H,3-4,7-8H2,1-2H3/q+1. The Balaban J connectivity index is 1.68. The van der Waals surface area contributed by atoms with Crippen LogP contribution in [0.4, 0.5) is 0 Å². The molecule has 1 aliphatic rings. The third-order valence-electron chi connectivity index (χ3n) is 7.19. The summed E-state index contributed by atoms with van der Waals surface area (Å²) in [6.45, 7) is 2.08. The number of aromatic nitrogens is 1. The lowest BCUT2D eigenvalue weighted by Gasteiger charge is -2.13. The average molecular weight is 418 g/mol. The first kappa shape index (κ1) is 19.1. The second-order valence-corrected chi connectivity index (χ2v) is 9.13. The molecule has 0 N–H and O–H groups in total. The number of nitriles is 1. The fourth-order valence-electron chi connectivity index (χ4n) is 5.63. The Hall–Kier alpha value is -3.64. The highest BCUT2D eigenvalue weighted by molar-refractivity contribution is 6.14. The second kappa shape index (κ2) is 7.21. The van der Waals surface area contributed by atoms with E-state index in [-0.39, 0.29) is 0 Å².